The number of hydrogen-bond acceptors (Lipinski definition) is 5. The third kappa shape index (κ3) is 2.85. The first-order valence-corrected chi connectivity index (χ1v) is 5.50. The number of aryl methyl sites for hydroxylation is 2. The minimum atomic E-state index is 0.0623. The summed E-state index contributed by atoms with van der Waals surface area (Å²) in [4.78, 5) is 8.65. The van der Waals surface area contributed by atoms with E-state index in [2.05, 4.69) is 25.6 Å². The van der Waals surface area contributed by atoms with Crippen LogP contribution < -0.4 is 5.32 Å². The van der Waals surface area contributed by atoms with Gasteiger partial charge in [-0.25, -0.2) is 9.97 Å². The lowest BCUT2D eigenvalue weighted by molar-refractivity contribution is 0.549. The van der Waals surface area contributed by atoms with E-state index in [0.717, 1.165) is 23.5 Å². The molecule has 1 N–H and O–H groups in total. The Morgan fingerprint density at radius 1 is 1.35 bits per heavy atom. The molecule has 0 aliphatic carbocycles. The van der Waals surface area contributed by atoms with E-state index < -0.39 is 0 Å². The monoisotopic (exact) mass is 232 g/mol. The second-order valence-electron chi connectivity index (χ2n) is 4.05. The summed E-state index contributed by atoms with van der Waals surface area (Å²) in [6.07, 6.45) is 6.28. The van der Waals surface area contributed by atoms with Crippen molar-refractivity contribution >= 4 is 0 Å². The summed E-state index contributed by atoms with van der Waals surface area (Å²) in [7, 11) is 3.75. The molecule has 6 heteroatoms. The molecular formula is C11H16N6. The molecule has 0 aromatic carbocycles. The molecule has 0 saturated heterocycles. The van der Waals surface area contributed by atoms with E-state index in [4.69, 9.17) is 0 Å². The second kappa shape index (κ2) is 5.01. The van der Waals surface area contributed by atoms with Crippen molar-refractivity contribution in [3.8, 4) is 0 Å². The molecule has 2 rings (SSSR count). The van der Waals surface area contributed by atoms with Crippen LogP contribution in [0.5, 0.6) is 0 Å². The Morgan fingerprint density at radius 3 is 2.59 bits per heavy atom. The van der Waals surface area contributed by atoms with Gasteiger partial charge in [0, 0.05) is 32.1 Å². The first-order valence-electron chi connectivity index (χ1n) is 5.50. The fraction of sp³-hybridized carbons (Fsp3) is 0.455. The van der Waals surface area contributed by atoms with Crippen LogP contribution >= 0.6 is 0 Å². The highest BCUT2D eigenvalue weighted by Gasteiger charge is 2.14. The van der Waals surface area contributed by atoms with E-state index in [1.165, 1.54) is 0 Å². The van der Waals surface area contributed by atoms with Gasteiger partial charge in [-0.05, 0) is 19.5 Å². The van der Waals surface area contributed by atoms with Crippen LogP contribution in [0.25, 0.3) is 0 Å². The van der Waals surface area contributed by atoms with E-state index >= 15 is 0 Å². The SMILES string of the molecule is CNC(Cc1cn(C)nn1)c1ncc(C)cn1. The van der Waals surface area contributed by atoms with Crippen molar-refractivity contribution in [2.24, 2.45) is 7.05 Å². The topological polar surface area (TPSA) is 68.5 Å². The molecule has 0 aliphatic rings. The molecule has 17 heavy (non-hydrogen) atoms. The average Bonchev–Trinajstić information content (AvgIpc) is 2.73. The average molecular weight is 232 g/mol. The number of nitrogens with zero attached hydrogens (tertiary/aromatic N) is 5. The van der Waals surface area contributed by atoms with E-state index in [1.54, 1.807) is 4.68 Å². The second-order valence-corrected chi connectivity index (χ2v) is 4.05. The highest BCUT2D eigenvalue weighted by Crippen LogP contribution is 2.12. The summed E-state index contributed by atoms with van der Waals surface area (Å²) in [6.45, 7) is 1.97. The normalized spacial score (nSPS) is 12.6. The van der Waals surface area contributed by atoms with Crippen molar-refractivity contribution < 1.29 is 0 Å². The Bertz CT molecular complexity index is 475. The van der Waals surface area contributed by atoms with Gasteiger partial charge in [0.25, 0.3) is 0 Å². The predicted molar refractivity (Wildman–Crippen MR) is 63.3 cm³/mol. The fourth-order valence-corrected chi connectivity index (χ4v) is 1.60. The van der Waals surface area contributed by atoms with Gasteiger partial charge in [0.2, 0.25) is 0 Å². The van der Waals surface area contributed by atoms with Gasteiger partial charge in [-0.2, -0.15) is 0 Å². The summed E-state index contributed by atoms with van der Waals surface area (Å²) in [6, 6.07) is 0.0623. The van der Waals surface area contributed by atoms with Crippen LogP contribution in [0.1, 0.15) is 23.1 Å². The molecule has 0 fully saturated rings. The van der Waals surface area contributed by atoms with Gasteiger partial charge in [-0.15, -0.1) is 5.10 Å². The Labute approximate surface area is 100 Å². The van der Waals surface area contributed by atoms with Crippen molar-refractivity contribution in [3.05, 3.63) is 35.7 Å². The van der Waals surface area contributed by atoms with Gasteiger partial charge in [0.15, 0.2) is 0 Å². The van der Waals surface area contributed by atoms with E-state index in [1.807, 2.05) is 39.6 Å². The number of rotatable bonds is 4. The molecule has 0 radical (unpaired) electrons. The lowest BCUT2D eigenvalue weighted by Gasteiger charge is -2.12. The zero-order chi connectivity index (χ0) is 12.3. The summed E-state index contributed by atoms with van der Waals surface area (Å²) < 4.78 is 1.69. The van der Waals surface area contributed by atoms with Crippen LogP contribution in [0.3, 0.4) is 0 Å². The van der Waals surface area contributed by atoms with Crippen molar-refractivity contribution in [3.63, 3.8) is 0 Å². The standard InChI is InChI=1S/C11H16N6/c1-8-5-13-11(14-6-8)10(12-2)4-9-7-17(3)16-15-9/h5-7,10,12H,4H2,1-3H3. The van der Waals surface area contributed by atoms with Crippen LogP contribution in [-0.2, 0) is 13.5 Å². The van der Waals surface area contributed by atoms with E-state index in [0.29, 0.717) is 0 Å². The molecule has 0 saturated carbocycles. The molecule has 0 bridgehead atoms. The van der Waals surface area contributed by atoms with Gasteiger partial charge in [0.1, 0.15) is 5.82 Å². The van der Waals surface area contributed by atoms with E-state index in [9.17, 15) is 0 Å². The zero-order valence-corrected chi connectivity index (χ0v) is 10.3. The van der Waals surface area contributed by atoms with Gasteiger partial charge < -0.3 is 5.32 Å². The quantitative estimate of drug-likeness (QED) is 0.827. The molecule has 0 aliphatic heterocycles. The van der Waals surface area contributed by atoms with E-state index in [-0.39, 0.29) is 6.04 Å². The molecule has 2 heterocycles. The van der Waals surface area contributed by atoms with Crippen LogP contribution in [0.4, 0.5) is 0 Å². The Hall–Kier alpha value is -1.82. The molecule has 2 aromatic rings. The molecule has 1 atom stereocenters. The fourth-order valence-electron chi connectivity index (χ4n) is 1.60. The van der Waals surface area contributed by atoms with Crippen LogP contribution in [0.15, 0.2) is 18.6 Å². The third-order valence-electron chi connectivity index (χ3n) is 2.52. The highest BCUT2D eigenvalue weighted by molar-refractivity contribution is 5.07. The van der Waals surface area contributed by atoms with Crippen molar-refractivity contribution in [1.82, 2.24) is 30.3 Å². The maximum atomic E-state index is 4.32. The Morgan fingerprint density at radius 2 is 2.06 bits per heavy atom. The number of hydrogen-bond donors (Lipinski definition) is 1. The third-order valence-corrected chi connectivity index (χ3v) is 2.52. The summed E-state index contributed by atoms with van der Waals surface area (Å²) in [5, 5.41) is 11.2. The summed E-state index contributed by atoms with van der Waals surface area (Å²) >= 11 is 0. The lowest BCUT2D eigenvalue weighted by atomic mass is 10.1. The Balaban J connectivity index is 2.13. The van der Waals surface area contributed by atoms with Crippen LogP contribution in [0, 0.1) is 6.92 Å². The zero-order valence-electron chi connectivity index (χ0n) is 10.3. The van der Waals surface area contributed by atoms with Gasteiger partial charge in [0.05, 0.1) is 11.7 Å². The number of nitrogens with one attached hydrogen (secondary N) is 1. The first kappa shape index (κ1) is 11.7. The maximum Gasteiger partial charge on any atom is 0.145 e. The van der Waals surface area contributed by atoms with Crippen LogP contribution in [0.2, 0.25) is 0 Å². The molecule has 0 spiro atoms. The van der Waals surface area contributed by atoms with Gasteiger partial charge in [-0.3, -0.25) is 4.68 Å². The minimum Gasteiger partial charge on any atom is -0.310 e. The van der Waals surface area contributed by atoms with Crippen molar-refractivity contribution in [1.29, 1.82) is 0 Å². The Kier molecular flexibility index (Phi) is 3.43. The molecular weight excluding hydrogens is 216 g/mol. The molecule has 0 amide bonds. The molecule has 6 nitrogen and oxygen atoms in total. The first-order chi connectivity index (χ1) is 8.19. The van der Waals surface area contributed by atoms with Crippen molar-refractivity contribution in [2.45, 2.75) is 19.4 Å². The van der Waals surface area contributed by atoms with Crippen LogP contribution in [-0.4, -0.2) is 32.0 Å². The molecule has 2 aromatic heterocycles. The molecule has 1 unspecified atom stereocenters. The molecule has 90 valence electrons. The number of likely N-dealkylation sites (N-methyl/N-ethyl adjacent to an activating group) is 1. The smallest absolute Gasteiger partial charge is 0.145 e. The summed E-state index contributed by atoms with van der Waals surface area (Å²) in [5.41, 5.74) is 1.99. The maximum absolute atomic E-state index is 4.32. The van der Waals surface area contributed by atoms with Crippen molar-refractivity contribution in [2.75, 3.05) is 7.05 Å². The highest BCUT2D eigenvalue weighted by atomic mass is 15.4. The minimum absolute atomic E-state index is 0.0623. The van der Waals surface area contributed by atoms with Gasteiger partial charge >= 0.3 is 0 Å². The van der Waals surface area contributed by atoms with Gasteiger partial charge in [-0.1, -0.05) is 5.21 Å². The largest absolute Gasteiger partial charge is 0.310 e. The number of aromatic nitrogens is 5. The summed E-state index contributed by atoms with van der Waals surface area (Å²) in [5.74, 6) is 0.781. The lowest BCUT2D eigenvalue weighted by Crippen LogP contribution is -2.21. The predicted octanol–water partition coefficient (Wildman–Crippen LogP) is 0.417.